The number of hydrogen-bond donors (Lipinski definition) is 0. The number of nitrogens with zero attached hydrogens (tertiary/aromatic N) is 2. The van der Waals surface area contributed by atoms with Crippen LogP contribution in [0, 0.1) is 0 Å². The molecule has 0 aliphatic carbocycles. The molecule has 0 spiro atoms. The number of fused-ring (bicyclic) bond motifs is 1. The zero-order chi connectivity index (χ0) is 19.6. The summed E-state index contributed by atoms with van der Waals surface area (Å²) in [4.78, 5) is 12.3. The summed E-state index contributed by atoms with van der Waals surface area (Å²) < 4.78 is 39.1. The summed E-state index contributed by atoms with van der Waals surface area (Å²) >= 11 is 6.24. The Morgan fingerprint density at radius 3 is 2.56 bits per heavy atom. The van der Waals surface area contributed by atoms with E-state index in [2.05, 4.69) is 0 Å². The molecule has 0 fully saturated rings. The molecule has 1 aromatic heterocycles. The van der Waals surface area contributed by atoms with Crippen molar-refractivity contribution >= 4 is 21.6 Å². The fraction of sp³-hybridized carbons (Fsp3) is 0.389. The van der Waals surface area contributed by atoms with Gasteiger partial charge in [0.05, 0.1) is 16.5 Å². The maximum absolute atomic E-state index is 12.7. The smallest absolute Gasteiger partial charge is 0.250 e. The van der Waals surface area contributed by atoms with E-state index in [-0.39, 0.29) is 17.0 Å². The minimum absolute atomic E-state index is 0.0782. The largest absolute Gasteiger partial charge is 0.486 e. The Bertz CT molecular complexity index is 999. The van der Waals surface area contributed by atoms with Crippen LogP contribution in [-0.2, 0) is 16.6 Å². The first kappa shape index (κ1) is 19.7. The number of halogens is 1. The molecule has 0 N–H and O–H groups in total. The summed E-state index contributed by atoms with van der Waals surface area (Å²) in [6.45, 7) is 5.27. The molecular weight excluding hydrogens is 392 g/mol. The van der Waals surface area contributed by atoms with Gasteiger partial charge in [-0.25, -0.2) is 8.42 Å². The Hall–Kier alpha value is -2.03. The zero-order valence-electron chi connectivity index (χ0n) is 15.1. The van der Waals surface area contributed by atoms with E-state index in [1.165, 1.54) is 27.2 Å². The van der Waals surface area contributed by atoms with Crippen molar-refractivity contribution in [3.63, 3.8) is 0 Å². The summed E-state index contributed by atoms with van der Waals surface area (Å²) in [7, 11) is -3.65. The van der Waals surface area contributed by atoms with Crippen LogP contribution in [0.2, 0.25) is 5.02 Å². The molecule has 0 radical (unpaired) electrons. The third-order valence-electron chi connectivity index (χ3n) is 4.31. The highest BCUT2D eigenvalue weighted by Crippen LogP contribution is 2.38. The van der Waals surface area contributed by atoms with Gasteiger partial charge in [-0.15, -0.1) is 0 Å². The standard InChI is InChI=1S/C18H21ClN2O5S/c1-3-21(4-2)27(23,24)14-5-6-17(22)20(12-14)11-13-9-15(19)18-16(10-13)25-7-8-26-18/h5-6,9-10,12H,3-4,7-8,11H2,1-2H3. The van der Waals surface area contributed by atoms with Crippen molar-refractivity contribution in [2.75, 3.05) is 26.3 Å². The van der Waals surface area contributed by atoms with Crippen molar-refractivity contribution < 1.29 is 17.9 Å². The lowest BCUT2D eigenvalue weighted by Crippen LogP contribution is -2.32. The molecule has 0 amide bonds. The van der Waals surface area contributed by atoms with E-state index in [1.807, 2.05) is 0 Å². The number of pyridine rings is 1. The predicted octanol–water partition coefficient (Wildman–Crippen LogP) is 2.35. The van der Waals surface area contributed by atoms with Gasteiger partial charge in [0.2, 0.25) is 10.0 Å². The summed E-state index contributed by atoms with van der Waals surface area (Å²) in [5, 5.41) is 0.391. The van der Waals surface area contributed by atoms with Crippen LogP contribution < -0.4 is 15.0 Å². The monoisotopic (exact) mass is 412 g/mol. The number of ether oxygens (including phenoxy) is 2. The second kappa shape index (κ2) is 7.92. The second-order valence-electron chi connectivity index (χ2n) is 6.02. The van der Waals surface area contributed by atoms with Crippen LogP contribution in [0.1, 0.15) is 19.4 Å². The molecule has 2 heterocycles. The van der Waals surface area contributed by atoms with Gasteiger partial charge in [-0.2, -0.15) is 4.31 Å². The molecule has 0 bridgehead atoms. The number of sulfonamides is 1. The van der Waals surface area contributed by atoms with E-state index in [0.717, 1.165) is 0 Å². The topological polar surface area (TPSA) is 77.8 Å². The first-order valence-electron chi connectivity index (χ1n) is 8.65. The lowest BCUT2D eigenvalue weighted by Gasteiger charge is -2.21. The Morgan fingerprint density at radius 1 is 1.15 bits per heavy atom. The summed E-state index contributed by atoms with van der Waals surface area (Å²) in [5.41, 5.74) is 0.406. The van der Waals surface area contributed by atoms with E-state index in [4.69, 9.17) is 21.1 Å². The van der Waals surface area contributed by atoms with Crippen LogP contribution in [0.4, 0.5) is 0 Å². The highest BCUT2D eigenvalue weighted by atomic mass is 35.5. The molecule has 1 aliphatic heterocycles. The zero-order valence-corrected chi connectivity index (χ0v) is 16.7. The van der Waals surface area contributed by atoms with Gasteiger partial charge in [0.1, 0.15) is 13.2 Å². The van der Waals surface area contributed by atoms with E-state index >= 15 is 0 Å². The van der Waals surface area contributed by atoms with Gasteiger partial charge in [0, 0.05) is 25.4 Å². The number of hydrogen-bond acceptors (Lipinski definition) is 5. The summed E-state index contributed by atoms with van der Waals surface area (Å²) in [6, 6.07) is 6.03. The van der Waals surface area contributed by atoms with Crippen LogP contribution >= 0.6 is 11.6 Å². The molecule has 0 saturated heterocycles. The van der Waals surface area contributed by atoms with Gasteiger partial charge in [-0.05, 0) is 23.8 Å². The Kier molecular flexibility index (Phi) is 5.78. The van der Waals surface area contributed by atoms with Crippen LogP contribution in [0.5, 0.6) is 11.5 Å². The molecule has 27 heavy (non-hydrogen) atoms. The second-order valence-corrected chi connectivity index (χ2v) is 8.37. The minimum Gasteiger partial charge on any atom is -0.486 e. The van der Waals surface area contributed by atoms with Gasteiger partial charge < -0.3 is 14.0 Å². The minimum atomic E-state index is -3.65. The van der Waals surface area contributed by atoms with E-state index in [9.17, 15) is 13.2 Å². The molecule has 0 atom stereocenters. The van der Waals surface area contributed by atoms with Gasteiger partial charge in [-0.1, -0.05) is 25.4 Å². The van der Waals surface area contributed by atoms with Gasteiger partial charge in [0.25, 0.3) is 5.56 Å². The molecule has 3 rings (SSSR count). The van der Waals surface area contributed by atoms with Crippen molar-refractivity contribution in [3.8, 4) is 11.5 Å². The maximum atomic E-state index is 12.7. The van der Waals surface area contributed by atoms with E-state index in [0.29, 0.717) is 48.4 Å². The average molecular weight is 413 g/mol. The SMILES string of the molecule is CCN(CC)S(=O)(=O)c1ccc(=O)n(Cc2cc(Cl)c3c(c2)OCCO3)c1. The van der Waals surface area contributed by atoms with Gasteiger partial charge in [-0.3, -0.25) is 4.79 Å². The van der Waals surface area contributed by atoms with Crippen LogP contribution in [0.3, 0.4) is 0 Å². The molecule has 1 aromatic carbocycles. The molecule has 0 saturated carbocycles. The molecule has 7 nitrogen and oxygen atoms in total. The fourth-order valence-electron chi connectivity index (χ4n) is 2.95. The van der Waals surface area contributed by atoms with Crippen molar-refractivity contribution in [2.45, 2.75) is 25.3 Å². The van der Waals surface area contributed by atoms with Crippen molar-refractivity contribution in [2.24, 2.45) is 0 Å². The first-order chi connectivity index (χ1) is 12.9. The van der Waals surface area contributed by atoms with Crippen LogP contribution in [-0.4, -0.2) is 43.6 Å². The molecule has 146 valence electrons. The quantitative estimate of drug-likeness (QED) is 0.727. The van der Waals surface area contributed by atoms with Crippen molar-refractivity contribution in [3.05, 3.63) is 51.4 Å². The van der Waals surface area contributed by atoms with Crippen molar-refractivity contribution in [1.82, 2.24) is 8.87 Å². The summed E-state index contributed by atoms with van der Waals surface area (Å²) in [5.74, 6) is 1.00. The maximum Gasteiger partial charge on any atom is 0.250 e. The highest BCUT2D eigenvalue weighted by molar-refractivity contribution is 7.89. The Morgan fingerprint density at radius 2 is 1.85 bits per heavy atom. The normalized spacial score (nSPS) is 13.8. The van der Waals surface area contributed by atoms with Gasteiger partial charge in [0.15, 0.2) is 11.5 Å². The molecule has 9 heteroatoms. The predicted molar refractivity (Wildman–Crippen MR) is 102 cm³/mol. The number of aromatic nitrogens is 1. The first-order valence-corrected chi connectivity index (χ1v) is 10.5. The fourth-order valence-corrected chi connectivity index (χ4v) is 4.72. The molecule has 1 aliphatic rings. The Labute approximate surface area is 163 Å². The average Bonchev–Trinajstić information content (AvgIpc) is 2.64. The molecule has 2 aromatic rings. The third kappa shape index (κ3) is 3.97. The molecule has 0 unspecified atom stereocenters. The molecular formula is C18H21ClN2O5S. The van der Waals surface area contributed by atoms with Crippen molar-refractivity contribution in [1.29, 1.82) is 0 Å². The lowest BCUT2D eigenvalue weighted by atomic mass is 10.2. The lowest BCUT2D eigenvalue weighted by molar-refractivity contribution is 0.171. The number of rotatable bonds is 6. The van der Waals surface area contributed by atoms with Crippen LogP contribution in [0.15, 0.2) is 40.2 Å². The summed E-state index contributed by atoms with van der Waals surface area (Å²) in [6.07, 6.45) is 1.36. The van der Waals surface area contributed by atoms with E-state index in [1.54, 1.807) is 26.0 Å². The van der Waals surface area contributed by atoms with Gasteiger partial charge >= 0.3 is 0 Å². The third-order valence-corrected chi connectivity index (χ3v) is 6.62. The van der Waals surface area contributed by atoms with Crippen LogP contribution in [0.25, 0.3) is 0 Å². The van der Waals surface area contributed by atoms with E-state index < -0.39 is 10.0 Å². The Balaban J connectivity index is 1.97. The number of benzene rings is 1. The highest BCUT2D eigenvalue weighted by Gasteiger charge is 2.23.